The Hall–Kier alpha value is -1.81. The Morgan fingerprint density at radius 1 is 1.28 bits per heavy atom. The number of hydrogen-bond acceptors (Lipinski definition) is 3. The molecule has 0 spiro atoms. The molecule has 1 aromatic carbocycles. The Kier molecular flexibility index (Phi) is 3.67. The highest BCUT2D eigenvalue weighted by Gasteiger charge is 2.10. The van der Waals surface area contributed by atoms with Crippen LogP contribution in [-0.4, -0.2) is 5.91 Å². The Morgan fingerprint density at radius 3 is 2.50 bits per heavy atom. The Morgan fingerprint density at radius 2 is 1.94 bits per heavy atom. The van der Waals surface area contributed by atoms with Gasteiger partial charge in [0.1, 0.15) is 0 Å². The molecule has 1 aromatic heterocycles. The topological polar surface area (TPSA) is 55.1 Å². The molecule has 0 bridgehead atoms. The van der Waals surface area contributed by atoms with Crippen LogP contribution in [0.1, 0.15) is 25.7 Å². The van der Waals surface area contributed by atoms with Crippen LogP contribution in [0.5, 0.6) is 0 Å². The predicted octanol–water partition coefficient (Wildman–Crippen LogP) is 2.88. The average molecular weight is 260 g/mol. The van der Waals surface area contributed by atoms with Crippen LogP contribution in [0.3, 0.4) is 0 Å². The van der Waals surface area contributed by atoms with Gasteiger partial charge in [0.2, 0.25) is 0 Å². The zero-order chi connectivity index (χ0) is 13.1. The van der Waals surface area contributed by atoms with Crippen molar-refractivity contribution < 1.29 is 4.79 Å². The highest BCUT2D eigenvalue weighted by Crippen LogP contribution is 2.23. The number of aryl methyl sites for hydroxylation is 2. The molecule has 0 saturated heterocycles. The maximum absolute atomic E-state index is 11.9. The number of nitrogens with one attached hydrogen (secondary N) is 1. The summed E-state index contributed by atoms with van der Waals surface area (Å²) in [6, 6.07) is 9.83. The normalized spacial score (nSPS) is 10.3. The lowest BCUT2D eigenvalue weighted by Crippen LogP contribution is -2.21. The van der Waals surface area contributed by atoms with Crippen LogP contribution in [0.15, 0.2) is 30.3 Å². The van der Waals surface area contributed by atoms with E-state index in [9.17, 15) is 4.79 Å². The minimum Gasteiger partial charge on any atom is -0.398 e. The molecule has 3 N–H and O–H groups in total. The van der Waals surface area contributed by atoms with Crippen LogP contribution in [0.4, 0.5) is 5.69 Å². The highest BCUT2D eigenvalue weighted by molar-refractivity contribution is 7.14. The van der Waals surface area contributed by atoms with E-state index in [0.717, 1.165) is 10.4 Å². The predicted molar refractivity (Wildman–Crippen MR) is 75.8 cm³/mol. The van der Waals surface area contributed by atoms with Crippen molar-refractivity contribution in [3.8, 4) is 0 Å². The number of thiophene rings is 1. The molecule has 4 heteroatoms. The van der Waals surface area contributed by atoms with Gasteiger partial charge in [-0.1, -0.05) is 29.8 Å². The minimum absolute atomic E-state index is 0.0691. The van der Waals surface area contributed by atoms with E-state index in [0.29, 0.717) is 17.1 Å². The Bertz CT molecular complexity index is 538. The van der Waals surface area contributed by atoms with E-state index in [4.69, 9.17) is 5.73 Å². The Labute approximate surface area is 111 Å². The van der Waals surface area contributed by atoms with E-state index in [1.807, 2.05) is 38.1 Å². The number of hydrogen-bond donors (Lipinski definition) is 2. The van der Waals surface area contributed by atoms with Gasteiger partial charge in [-0.05, 0) is 25.5 Å². The fraction of sp³-hybridized carbons (Fsp3) is 0.214. The van der Waals surface area contributed by atoms with Crippen molar-refractivity contribution in [2.45, 2.75) is 20.4 Å². The van der Waals surface area contributed by atoms with E-state index < -0.39 is 0 Å². The van der Waals surface area contributed by atoms with Gasteiger partial charge in [0, 0.05) is 17.1 Å². The molecule has 18 heavy (non-hydrogen) atoms. The van der Waals surface area contributed by atoms with E-state index in [-0.39, 0.29) is 5.91 Å². The second-order valence-electron chi connectivity index (χ2n) is 4.29. The van der Waals surface area contributed by atoms with Crippen LogP contribution in [-0.2, 0) is 6.54 Å². The maximum Gasteiger partial charge on any atom is 0.261 e. The van der Waals surface area contributed by atoms with Crippen molar-refractivity contribution in [2.24, 2.45) is 0 Å². The number of amides is 1. The van der Waals surface area contributed by atoms with Crippen molar-refractivity contribution in [2.75, 3.05) is 5.73 Å². The molecule has 2 rings (SSSR count). The second-order valence-corrected chi connectivity index (χ2v) is 5.55. The second kappa shape index (κ2) is 5.23. The van der Waals surface area contributed by atoms with E-state index >= 15 is 0 Å². The molecule has 0 radical (unpaired) electrons. The lowest BCUT2D eigenvalue weighted by atomic mass is 10.1. The van der Waals surface area contributed by atoms with Crippen LogP contribution < -0.4 is 11.1 Å². The number of carbonyl (C=O) groups is 1. The van der Waals surface area contributed by atoms with E-state index in [1.165, 1.54) is 16.9 Å². The fourth-order valence-electron chi connectivity index (χ4n) is 1.58. The fourth-order valence-corrected chi connectivity index (χ4v) is 2.44. The Balaban J connectivity index is 1.98. The summed E-state index contributed by atoms with van der Waals surface area (Å²) in [7, 11) is 0. The summed E-state index contributed by atoms with van der Waals surface area (Å²) in [6.07, 6.45) is 0. The van der Waals surface area contributed by atoms with Crippen molar-refractivity contribution in [1.29, 1.82) is 0 Å². The summed E-state index contributed by atoms with van der Waals surface area (Å²) in [5.74, 6) is -0.0691. The van der Waals surface area contributed by atoms with Crippen LogP contribution >= 0.6 is 11.3 Å². The van der Waals surface area contributed by atoms with Gasteiger partial charge in [-0.2, -0.15) is 0 Å². The summed E-state index contributed by atoms with van der Waals surface area (Å²) in [6.45, 7) is 4.49. The summed E-state index contributed by atoms with van der Waals surface area (Å²) in [4.78, 5) is 13.5. The first kappa shape index (κ1) is 12.6. The number of anilines is 1. The molecule has 1 amide bonds. The molecule has 0 aliphatic heterocycles. The number of benzene rings is 1. The molecule has 0 aliphatic rings. The molecular weight excluding hydrogens is 244 g/mol. The van der Waals surface area contributed by atoms with Crippen molar-refractivity contribution >= 4 is 22.9 Å². The van der Waals surface area contributed by atoms with Gasteiger partial charge in [-0.15, -0.1) is 11.3 Å². The summed E-state index contributed by atoms with van der Waals surface area (Å²) >= 11 is 1.42. The highest BCUT2D eigenvalue weighted by atomic mass is 32.1. The van der Waals surface area contributed by atoms with Crippen molar-refractivity contribution in [1.82, 2.24) is 5.32 Å². The molecule has 1 heterocycles. The molecule has 0 aliphatic carbocycles. The lowest BCUT2D eigenvalue weighted by Gasteiger charge is -2.04. The van der Waals surface area contributed by atoms with E-state index in [2.05, 4.69) is 5.32 Å². The maximum atomic E-state index is 11.9. The first-order chi connectivity index (χ1) is 8.56. The van der Waals surface area contributed by atoms with Gasteiger partial charge in [0.05, 0.1) is 4.88 Å². The molecule has 2 aromatic rings. The molecule has 0 atom stereocenters. The first-order valence-electron chi connectivity index (χ1n) is 5.76. The molecule has 0 fully saturated rings. The lowest BCUT2D eigenvalue weighted by molar-refractivity contribution is 0.0955. The third kappa shape index (κ3) is 2.90. The standard InChI is InChI=1S/C14H16N2OS/c1-9-3-5-11(6-4-9)8-16-14(17)13-7-12(15)10(2)18-13/h3-7H,8,15H2,1-2H3,(H,16,17). The van der Waals surface area contributed by atoms with Crippen LogP contribution in [0, 0.1) is 13.8 Å². The van der Waals surface area contributed by atoms with Gasteiger partial charge in [-0.25, -0.2) is 0 Å². The third-order valence-corrected chi connectivity index (χ3v) is 3.82. The molecule has 94 valence electrons. The number of nitrogen functional groups attached to an aromatic ring is 1. The third-order valence-electron chi connectivity index (χ3n) is 2.75. The quantitative estimate of drug-likeness (QED) is 0.891. The van der Waals surface area contributed by atoms with Crippen LogP contribution in [0.25, 0.3) is 0 Å². The number of carbonyl (C=O) groups excluding carboxylic acids is 1. The first-order valence-corrected chi connectivity index (χ1v) is 6.57. The van der Waals surface area contributed by atoms with Gasteiger partial charge in [0.15, 0.2) is 0 Å². The smallest absolute Gasteiger partial charge is 0.261 e. The summed E-state index contributed by atoms with van der Waals surface area (Å²) < 4.78 is 0. The summed E-state index contributed by atoms with van der Waals surface area (Å²) in [5.41, 5.74) is 8.72. The zero-order valence-corrected chi connectivity index (χ0v) is 11.3. The summed E-state index contributed by atoms with van der Waals surface area (Å²) in [5, 5.41) is 2.89. The van der Waals surface area contributed by atoms with Crippen LogP contribution in [0.2, 0.25) is 0 Å². The van der Waals surface area contributed by atoms with Gasteiger partial charge >= 0.3 is 0 Å². The molecule has 3 nitrogen and oxygen atoms in total. The average Bonchev–Trinajstić information content (AvgIpc) is 2.69. The van der Waals surface area contributed by atoms with Gasteiger partial charge < -0.3 is 11.1 Å². The van der Waals surface area contributed by atoms with Crippen molar-refractivity contribution in [3.63, 3.8) is 0 Å². The minimum atomic E-state index is -0.0691. The van der Waals surface area contributed by atoms with E-state index in [1.54, 1.807) is 6.07 Å². The number of rotatable bonds is 3. The molecular formula is C14H16N2OS. The largest absolute Gasteiger partial charge is 0.398 e. The SMILES string of the molecule is Cc1ccc(CNC(=O)c2cc(N)c(C)s2)cc1. The number of nitrogens with two attached hydrogens (primary N) is 1. The van der Waals surface area contributed by atoms with Gasteiger partial charge in [-0.3, -0.25) is 4.79 Å². The zero-order valence-electron chi connectivity index (χ0n) is 10.5. The molecule has 0 saturated carbocycles. The monoisotopic (exact) mass is 260 g/mol. The van der Waals surface area contributed by atoms with Crippen molar-refractivity contribution in [3.05, 3.63) is 51.2 Å². The molecule has 0 unspecified atom stereocenters. The van der Waals surface area contributed by atoms with Gasteiger partial charge in [0.25, 0.3) is 5.91 Å².